The van der Waals surface area contributed by atoms with Crippen LogP contribution >= 0.6 is 0 Å². The Morgan fingerprint density at radius 3 is 2.37 bits per heavy atom. The number of aryl methyl sites for hydroxylation is 1. The highest BCUT2D eigenvalue weighted by atomic mass is 16.1. The topological polar surface area (TPSA) is 65.6 Å². The van der Waals surface area contributed by atoms with Crippen molar-refractivity contribution in [2.75, 3.05) is 0 Å². The molecule has 0 saturated carbocycles. The van der Waals surface area contributed by atoms with Gasteiger partial charge < -0.3 is 4.57 Å². The molecule has 158 valence electrons. The van der Waals surface area contributed by atoms with E-state index >= 15 is 0 Å². The van der Waals surface area contributed by atoms with Crippen LogP contribution in [0.5, 0.6) is 0 Å². The van der Waals surface area contributed by atoms with Gasteiger partial charge in [-0.3, -0.25) is 9.36 Å². The molecule has 0 amide bonds. The Morgan fingerprint density at radius 1 is 0.933 bits per heavy atom. The average Bonchev–Trinajstić information content (AvgIpc) is 3.04. The molecule has 30 heavy (non-hydrogen) atoms. The van der Waals surface area contributed by atoms with Gasteiger partial charge in [-0.25, -0.2) is 15.0 Å². The van der Waals surface area contributed by atoms with Crippen LogP contribution in [0.25, 0.3) is 33.2 Å². The van der Waals surface area contributed by atoms with Gasteiger partial charge in [-0.05, 0) is 24.5 Å². The number of fused-ring (bicyclic) bond motifs is 4. The molecular formula is C24H31N5O. The first kappa shape index (κ1) is 20.5. The van der Waals surface area contributed by atoms with Gasteiger partial charge >= 0.3 is 0 Å². The Labute approximate surface area is 177 Å². The highest BCUT2D eigenvalue weighted by molar-refractivity contribution is 6.04. The summed E-state index contributed by atoms with van der Waals surface area (Å²) >= 11 is 0. The Hall–Kier alpha value is -2.76. The number of benzene rings is 1. The van der Waals surface area contributed by atoms with Crippen LogP contribution in [0.4, 0.5) is 0 Å². The van der Waals surface area contributed by atoms with Crippen LogP contribution in [0, 0.1) is 5.92 Å². The molecular weight excluding hydrogens is 374 g/mol. The highest BCUT2D eigenvalue weighted by Gasteiger charge is 2.19. The van der Waals surface area contributed by atoms with Crippen molar-refractivity contribution in [1.82, 2.24) is 24.1 Å². The number of hydrogen-bond acceptors (Lipinski definition) is 4. The van der Waals surface area contributed by atoms with Gasteiger partial charge in [0.15, 0.2) is 11.3 Å². The zero-order valence-corrected chi connectivity index (χ0v) is 18.3. The van der Waals surface area contributed by atoms with E-state index in [4.69, 9.17) is 15.0 Å². The second-order valence-electron chi connectivity index (χ2n) is 8.60. The van der Waals surface area contributed by atoms with Crippen LogP contribution < -0.4 is 5.56 Å². The van der Waals surface area contributed by atoms with Crippen molar-refractivity contribution in [1.29, 1.82) is 0 Å². The number of hydrogen-bond donors (Lipinski definition) is 0. The Bertz CT molecular complexity index is 1220. The van der Waals surface area contributed by atoms with Gasteiger partial charge in [0.1, 0.15) is 10.9 Å². The van der Waals surface area contributed by atoms with E-state index in [9.17, 15) is 4.79 Å². The molecule has 0 aliphatic heterocycles. The lowest BCUT2D eigenvalue weighted by Gasteiger charge is -2.09. The quantitative estimate of drug-likeness (QED) is 0.354. The highest BCUT2D eigenvalue weighted by Crippen LogP contribution is 2.25. The minimum absolute atomic E-state index is 0.0232. The molecule has 4 aromatic rings. The van der Waals surface area contributed by atoms with Crippen molar-refractivity contribution < 1.29 is 0 Å². The van der Waals surface area contributed by atoms with Crippen LogP contribution in [0.3, 0.4) is 0 Å². The third-order valence-electron chi connectivity index (χ3n) is 5.62. The van der Waals surface area contributed by atoms with E-state index in [1.165, 1.54) is 32.1 Å². The molecule has 3 aromatic heterocycles. The maximum Gasteiger partial charge on any atom is 0.265 e. The fourth-order valence-corrected chi connectivity index (χ4v) is 4.12. The maximum absolute atomic E-state index is 13.3. The van der Waals surface area contributed by atoms with Gasteiger partial charge in [-0.2, -0.15) is 0 Å². The first-order valence-corrected chi connectivity index (χ1v) is 11.2. The first-order valence-electron chi connectivity index (χ1n) is 11.2. The van der Waals surface area contributed by atoms with Crippen LogP contribution in [0.2, 0.25) is 0 Å². The molecule has 0 atom stereocenters. The van der Waals surface area contributed by atoms with Crippen molar-refractivity contribution in [2.24, 2.45) is 5.92 Å². The van der Waals surface area contributed by atoms with Crippen molar-refractivity contribution in [3.8, 4) is 0 Å². The van der Waals surface area contributed by atoms with Crippen molar-refractivity contribution in [2.45, 2.75) is 72.4 Å². The zero-order chi connectivity index (χ0) is 21.1. The minimum Gasteiger partial charge on any atom is -0.308 e. The van der Waals surface area contributed by atoms with Gasteiger partial charge in [0.2, 0.25) is 0 Å². The standard InChI is InChI=1S/C24H31N5O/c1-4-5-6-7-8-11-14-29-22-20(24(30)28(16-25-22)15-17(2)3)21-23(29)27-19-13-10-9-12-18(19)26-21/h9-10,12-13,16-17H,4-8,11,14-15H2,1-3H3. The molecule has 6 heteroatoms. The molecule has 0 aliphatic rings. The van der Waals surface area contributed by atoms with E-state index in [2.05, 4.69) is 25.3 Å². The largest absolute Gasteiger partial charge is 0.308 e. The summed E-state index contributed by atoms with van der Waals surface area (Å²) in [6.45, 7) is 7.89. The summed E-state index contributed by atoms with van der Waals surface area (Å²) in [5.74, 6) is 0.366. The van der Waals surface area contributed by atoms with Crippen LogP contribution in [0.15, 0.2) is 35.4 Å². The number of rotatable bonds is 9. The monoisotopic (exact) mass is 405 g/mol. The average molecular weight is 406 g/mol. The molecule has 0 N–H and O–H groups in total. The molecule has 1 aromatic carbocycles. The summed E-state index contributed by atoms with van der Waals surface area (Å²) < 4.78 is 3.81. The molecule has 0 aliphatic carbocycles. The summed E-state index contributed by atoms with van der Waals surface area (Å²) in [5, 5.41) is 0.595. The molecule has 0 spiro atoms. The van der Waals surface area contributed by atoms with E-state index in [-0.39, 0.29) is 5.56 Å². The summed E-state index contributed by atoms with van der Waals surface area (Å²) in [6, 6.07) is 7.84. The lowest BCUT2D eigenvalue weighted by Crippen LogP contribution is -2.23. The van der Waals surface area contributed by atoms with E-state index in [0.29, 0.717) is 29.0 Å². The number of unbranched alkanes of at least 4 members (excludes halogenated alkanes) is 5. The molecule has 0 unspecified atom stereocenters. The lowest BCUT2D eigenvalue weighted by molar-refractivity contribution is 0.507. The fraction of sp³-hybridized carbons (Fsp3) is 0.500. The summed E-state index contributed by atoms with van der Waals surface area (Å²) in [5.41, 5.74) is 3.78. The summed E-state index contributed by atoms with van der Waals surface area (Å²) in [7, 11) is 0. The van der Waals surface area contributed by atoms with Crippen LogP contribution in [-0.2, 0) is 13.1 Å². The second kappa shape index (κ2) is 8.94. The Balaban J connectivity index is 1.82. The third-order valence-corrected chi connectivity index (χ3v) is 5.62. The molecule has 0 bridgehead atoms. The SMILES string of the molecule is CCCCCCCCn1c2nc3ccccc3nc2c2c(=O)n(CC(C)C)cnc21. The Morgan fingerprint density at radius 2 is 1.63 bits per heavy atom. The minimum atomic E-state index is -0.0232. The summed E-state index contributed by atoms with van der Waals surface area (Å²) in [4.78, 5) is 27.7. The zero-order valence-electron chi connectivity index (χ0n) is 18.3. The molecule has 4 rings (SSSR count). The van der Waals surface area contributed by atoms with Gasteiger partial charge in [0.25, 0.3) is 5.56 Å². The van der Waals surface area contributed by atoms with E-state index in [1.54, 1.807) is 10.9 Å². The van der Waals surface area contributed by atoms with Crippen LogP contribution in [0.1, 0.15) is 59.3 Å². The second-order valence-corrected chi connectivity index (χ2v) is 8.60. The van der Waals surface area contributed by atoms with Gasteiger partial charge in [0.05, 0.1) is 17.4 Å². The Kier molecular flexibility index (Phi) is 6.11. The molecule has 0 radical (unpaired) electrons. The van der Waals surface area contributed by atoms with Gasteiger partial charge in [-0.15, -0.1) is 0 Å². The smallest absolute Gasteiger partial charge is 0.265 e. The molecule has 3 heterocycles. The number of aromatic nitrogens is 5. The van der Waals surface area contributed by atoms with Crippen molar-refractivity contribution in [3.63, 3.8) is 0 Å². The van der Waals surface area contributed by atoms with Crippen LogP contribution in [-0.4, -0.2) is 24.1 Å². The summed E-state index contributed by atoms with van der Waals surface area (Å²) in [6.07, 6.45) is 8.98. The normalized spacial score (nSPS) is 12.0. The number of nitrogens with zero attached hydrogens (tertiary/aromatic N) is 5. The van der Waals surface area contributed by atoms with E-state index < -0.39 is 0 Å². The van der Waals surface area contributed by atoms with Gasteiger partial charge in [-0.1, -0.05) is 65.0 Å². The lowest BCUT2D eigenvalue weighted by atomic mass is 10.1. The molecule has 0 fully saturated rings. The molecule has 6 nitrogen and oxygen atoms in total. The van der Waals surface area contributed by atoms with E-state index in [1.807, 2.05) is 24.3 Å². The fourth-order valence-electron chi connectivity index (χ4n) is 4.12. The molecule has 0 saturated heterocycles. The predicted molar refractivity (Wildman–Crippen MR) is 123 cm³/mol. The van der Waals surface area contributed by atoms with E-state index in [0.717, 1.165) is 29.6 Å². The number of para-hydroxylation sites is 2. The van der Waals surface area contributed by atoms with Crippen molar-refractivity contribution >= 4 is 33.2 Å². The first-order chi connectivity index (χ1) is 14.6. The van der Waals surface area contributed by atoms with Gasteiger partial charge in [0, 0.05) is 13.1 Å². The maximum atomic E-state index is 13.3. The van der Waals surface area contributed by atoms with Crippen molar-refractivity contribution in [3.05, 3.63) is 40.9 Å². The third kappa shape index (κ3) is 3.95. The predicted octanol–water partition coefficient (Wildman–Crippen LogP) is 5.31.